The zero-order valence-electron chi connectivity index (χ0n) is 18.9. The summed E-state index contributed by atoms with van der Waals surface area (Å²) in [6.07, 6.45) is 1.44. The Morgan fingerprint density at radius 2 is 1.73 bits per heavy atom. The maximum Gasteiger partial charge on any atom is 0.290 e. The van der Waals surface area contributed by atoms with E-state index < -0.39 is 0 Å². The summed E-state index contributed by atoms with van der Waals surface area (Å²) < 4.78 is 5.42. The van der Waals surface area contributed by atoms with Crippen molar-refractivity contribution >= 4 is 12.4 Å². The molecule has 9 heteroatoms. The summed E-state index contributed by atoms with van der Waals surface area (Å²) in [5.41, 5.74) is 1.28. The van der Waals surface area contributed by atoms with Crippen LogP contribution in [-0.2, 0) is 4.79 Å². The SMILES string of the molecule is CN1CCN([C@@H]2C[C@@H]3CN(C(=O)c4cc(-c5ccccc5)on4)C[C@@H]3C[C@H]2O)CC1.O=CO. The Balaban J connectivity index is 0.000000821. The van der Waals surface area contributed by atoms with Crippen LogP contribution in [0.2, 0.25) is 0 Å². The van der Waals surface area contributed by atoms with Crippen LogP contribution < -0.4 is 0 Å². The highest BCUT2D eigenvalue weighted by atomic mass is 16.5. The van der Waals surface area contributed by atoms with Crippen molar-refractivity contribution in [2.24, 2.45) is 11.8 Å². The van der Waals surface area contributed by atoms with E-state index in [1.807, 2.05) is 35.2 Å². The second kappa shape index (κ2) is 10.5. The first-order valence-electron chi connectivity index (χ1n) is 11.5. The summed E-state index contributed by atoms with van der Waals surface area (Å²) >= 11 is 0. The Morgan fingerprint density at radius 1 is 1.09 bits per heavy atom. The fourth-order valence-corrected chi connectivity index (χ4v) is 5.40. The van der Waals surface area contributed by atoms with Crippen LogP contribution in [0.15, 0.2) is 40.9 Å². The average molecular weight is 457 g/mol. The fraction of sp³-hybridized carbons (Fsp3) is 0.542. The third-order valence-electron chi connectivity index (χ3n) is 7.19. The van der Waals surface area contributed by atoms with Gasteiger partial charge in [-0.3, -0.25) is 14.5 Å². The smallest absolute Gasteiger partial charge is 0.290 e. The highest BCUT2D eigenvalue weighted by Gasteiger charge is 2.45. The lowest BCUT2D eigenvalue weighted by Crippen LogP contribution is -2.55. The summed E-state index contributed by atoms with van der Waals surface area (Å²) in [4.78, 5) is 28.1. The number of likely N-dealkylation sites (N-methyl/N-ethyl adjacent to an activating group) is 1. The van der Waals surface area contributed by atoms with E-state index in [0.29, 0.717) is 29.8 Å². The number of hydrogen-bond acceptors (Lipinski definition) is 7. The van der Waals surface area contributed by atoms with Crippen molar-refractivity contribution < 1.29 is 24.3 Å². The third kappa shape index (κ3) is 5.26. The van der Waals surface area contributed by atoms with E-state index in [9.17, 15) is 9.90 Å². The molecule has 3 heterocycles. The van der Waals surface area contributed by atoms with Gasteiger partial charge in [0.2, 0.25) is 0 Å². The molecule has 1 aromatic heterocycles. The number of likely N-dealkylation sites (tertiary alicyclic amines) is 1. The van der Waals surface area contributed by atoms with Crippen LogP contribution in [0.4, 0.5) is 0 Å². The van der Waals surface area contributed by atoms with Gasteiger partial charge in [0.05, 0.1) is 6.10 Å². The number of carbonyl (C=O) groups is 2. The Labute approximate surface area is 193 Å². The number of nitrogens with zero attached hydrogens (tertiary/aromatic N) is 4. The van der Waals surface area contributed by atoms with Gasteiger partial charge in [0.1, 0.15) is 0 Å². The number of aliphatic hydroxyl groups is 1. The number of fused-ring (bicyclic) bond motifs is 1. The van der Waals surface area contributed by atoms with E-state index in [0.717, 1.165) is 51.1 Å². The minimum Gasteiger partial charge on any atom is -0.483 e. The average Bonchev–Trinajstić information content (AvgIpc) is 3.47. The van der Waals surface area contributed by atoms with Gasteiger partial charge in [0.25, 0.3) is 12.4 Å². The lowest BCUT2D eigenvalue weighted by atomic mass is 9.77. The van der Waals surface area contributed by atoms with Crippen molar-refractivity contribution in [3.8, 4) is 11.3 Å². The molecule has 1 amide bonds. The van der Waals surface area contributed by atoms with Gasteiger partial charge >= 0.3 is 0 Å². The molecule has 3 aliphatic rings. The van der Waals surface area contributed by atoms with Gasteiger partial charge < -0.3 is 24.5 Å². The first-order valence-corrected chi connectivity index (χ1v) is 11.5. The highest BCUT2D eigenvalue weighted by molar-refractivity contribution is 5.93. The van der Waals surface area contributed by atoms with Crippen molar-refractivity contribution in [1.82, 2.24) is 19.9 Å². The number of carbonyl (C=O) groups excluding carboxylic acids is 1. The van der Waals surface area contributed by atoms with Crippen LogP contribution in [0.5, 0.6) is 0 Å². The summed E-state index contributed by atoms with van der Waals surface area (Å²) in [6.45, 7) is 5.33. The largest absolute Gasteiger partial charge is 0.483 e. The number of benzene rings is 1. The van der Waals surface area contributed by atoms with Gasteiger partial charge in [-0.25, -0.2) is 0 Å². The first-order chi connectivity index (χ1) is 16.0. The van der Waals surface area contributed by atoms with E-state index in [2.05, 4.69) is 22.0 Å². The Hall–Kier alpha value is -2.75. The molecule has 2 N–H and O–H groups in total. The van der Waals surface area contributed by atoms with E-state index in [-0.39, 0.29) is 24.5 Å². The number of rotatable bonds is 3. The molecular weight excluding hydrogens is 424 g/mol. The van der Waals surface area contributed by atoms with Gasteiger partial charge in [-0.05, 0) is 31.7 Å². The third-order valence-corrected chi connectivity index (χ3v) is 7.19. The monoisotopic (exact) mass is 456 g/mol. The molecule has 3 fully saturated rings. The highest BCUT2D eigenvalue weighted by Crippen LogP contribution is 2.39. The van der Waals surface area contributed by atoms with Crippen molar-refractivity contribution in [3.63, 3.8) is 0 Å². The molecule has 33 heavy (non-hydrogen) atoms. The van der Waals surface area contributed by atoms with Crippen LogP contribution >= 0.6 is 0 Å². The standard InChI is InChI=1S/C23H30N4O3.CH2O2/c1-25-7-9-26(10-8-25)20-11-17-14-27(15-18(17)12-21(20)28)23(29)19-13-22(30-24-19)16-5-3-2-4-6-16;2-1-3/h2-6,13,17-18,20-21,28H,7-12,14-15H2,1H3;1H,(H,2,3)/t17-,18+,20-,21-;/m1./s1. The summed E-state index contributed by atoms with van der Waals surface area (Å²) in [7, 11) is 2.15. The van der Waals surface area contributed by atoms with Crippen molar-refractivity contribution in [1.29, 1.82) is 0 Å². The van der Waals surface area contributed by atoms with Gasteiger partial charge in [0, 0.05) is 56.9 Å². The molecule has 1 aromatic carbocycles. The first kappa shape index (κ1) is 23.4. The Bertz CT molecular complexity index is 928. The van der Waals surface area contributed by atoms with Crippen LogP contribution in [0.1, 0.15) is 23.3 Å². The molecule has 5 rings (SSSR count). The van der Waals surface area contributed by atoms with E-state index in [1.165, 1.54) is 0 Å². The quantitative estimate of drug-likeness (QED) is 0.669. The molecule has 1 saturated carbocycles. The van der Waals surface area contributed by atoms with Crippen molar-refractivity contribution in [2.45, 2.75) is 25.0 Å². The fourth-order valence-electron chi connectivity index (χ4n) is 5.40. The molecule has 4 atom stereocenters. The Morgan fingerprint density at radius 3 is 2.39 bits per heavy atom. The molecule has 0 radical (unpaired) electrons. The van der Waals surface area contributed by atoms with Crippen LogP contribution in [0, 0.1) is 11.8 Å². The lowest BCUT2D eigenvalue weighted by Gasteiger charge is -2.44. The van der Waals surface area contributed by atoms with E-state index in [1.54, 1.807) is 6.07 Å². The topological polar surface area (TPSA) is 110 Å². The molecule has 9 nitrogen and oxygen atoms in total. The maximum atomic E-state index is 13.1. The van der Waals surface area contributed by atoms with Crippen LogP contribution in [-0.4, -0.2) is 101 Å². The lowest BCUT2D eigenvalue weighted by molar-refractivity contribution is -0.122. The van der Waals surface area contributed by atoms with Gasteiger partial charge in [-0.1, -0.05) is 35.5 Å². The van der Waals surface area contributed by atoms with E-state index in [4.69, 9.17) is 14.4 Å². The molecule has 2 saturated heterocycles. The van der Waals surface area contributed by atoms with Crippen molar-refractivity contribution in [2.75, 3.05) is 46.3 Å². The second-order valence-electron chi connectivity index (χ2n) is 9.22. The molecule has 2 aromatic rings. The minimum absolute atomic E-state index is 0.0685. The van der Waals surface area contributed by atoms with Gasteiger partial charge in [-0.2, -0.15) is 0 Å². The minimum atomic E-state index is -0.304. The van der Waals surface area contributed by atoms with Gasteiger partial charge in [0.15, 0.2) is 11.5 Å². The molecule has 0 bridgehead atoms. The maximum absolute atomic E-state index is 13.1. The summed E-state index contributed by atoms with van der Waals surface area (Å²) in [5, 5.41) is 21.7. The van der Waals surface area contributed by atoms with Crippen LogP contribution in [0.25, 0.3) is 11.3 Å². The molecule has 0 unspecified atom stereocenters. The molecule has 178 valence electrons. The zero-order valence-corrected chi connectivity index (χ0v) is 18.9. The number of carboxylic acid groups (broad SMARTS) is 1. The Kier molecular flexibility index (Phi) is 7.42. The van der Waals surface area contributed by atoms with Crippen LogP contribution in [0.3, 0.4) is 0 Å². The predicted molar refractivity (Wildman–Crippen MR) is 122 cm³/mol. The number of aromatic nitrogens is 1. The van der Waals surface area contributed by atoms with Gasteiger partial charge in [-0.15, -0.1) is 0 Å². The number of piperazine rings is 1. The summed E-state index contributed by atoms with van der Waals surface area (Å²) in [5.74, 6) is 1.36. The van der Waals surface area contributed by atoms with E-state index >= 15 is 0 Å². The summed E-state index contributed by atoms with van der Waals surface area (Å²) in [6, 6.07) is 11.7. The number of aliphatic hydroxyl groups excluding tert-OH is 1. The predicted octanol–water partition coefficient (Wildman–Crippen LogP) is 1.50. The number of amides is 1. The molecule has 2 aliphatic heterocycles. The number of hydrogen-bond donors (Lipinski definition) is 2. The van der Waals surface area contributed by atoms with Crippen molar-refractivity contribution in [3.05, 3.63) is 42.1 Å². The normalized spacial score (nSPS) is 28.0. The molecule has 0 spiro atoms. The molecular formula is C24H32N4O5. The zero-order chi connectivity index (χ0) is 23.4. The molecule has 1 aliphatic carbocycles. The second-order valence-corrected chi connectivity index (χ2v) is 9.22.